The second-order valence-corrected chi connectivity index (χ2v) is 1.60. The van der Waals surface area contributed by atoms with Crippen LogP contribution in [-0.2, 0) is 4.74 Å². The number of ether oxygens (including phenoxy) is 1. The highest BCUT2D eigenvalue weighted by Crippen LogP contribution is 1.82. The van der Waals surface area contributed by atoms with Gasteiger partial charge in [-0.1, -0.05) is 13.8 Å². The SMILES string of the molecule is CC.CNCC(CO)OC. The molecule has 0 amide bonds. The van der Waals surface area contributed by atoms with Gasteiger partial charge in [0, 0.05) is 13.7 Å². The van der Waals surface area contributed by atoms with E-state index in [4.69, 9.17) is 9.84 Å². The van der Waals surface area contributed by atoms with Crippen LogP contribution in [0.1, 0.15) is 13.8 Å². The van der Waals surface area contributed by atoms with Gasteiger partial charge in [0.2, 0.25) is 0 Å². The molecule has 0 aromatic rings. The van der Waals surface area contributed by atoms with Gasteiger partial charge in [0.15, 0.2) is 0 Å². The minimum atomic E-state index is -0.0556. The van der Waals surface area contributed by atoms with Gasteiger partial charge in [-0.2, -0.15) is 0 Å². The van der Waals surface area contributed by atoms with Gasteiger partial charge in [-0.25, -0.2) is 0 Å². The normalized spacial score (nSPS) is 11.7. The summed E-state index contributed by atoms with van der Waals surface area (Å²) >= 11 is 0. The fourth-order valence-corrected chi connectivity index (χ4v) is 0.450. The molecule has 64 valence electrons. The second-order valence-electron chi connectivity index (χ2n) is 1.60. The van der Waals surface area contributed by atoms with Crippen LogP contribution in [0.25, 0.3) is 0 Å². The predicted molar refractivity (Wildman–Crippen MR) is 43.2 cm³/mol. The quantitative estimate of drug-likeness (QED) is 0.601. The minimum absolute atomic E-state index is 0.0556. The number of methoxy groups -OCH3 is 1. The van der Waals surface area contributed by atoms with Gasteiger partial charge in [0.1, 0.15) is 0 Å². The molecule has 0 bridgehead atoms. The van der Waals surface area contributed by atoms with Crippen molar-refractivity contribution in [2.24, 2.45) is 0 Å². The Hall–Kier alpha value is -0.120. The van der Waals surface area contributed by atoms with E-state index in [2.05, 4.69) is 5.32 Å². The Morgan fingerprint density at radius 2 is 2.00 bits per heavy atom. The number of hydrogen-bond donors (Lipinski definition) is 2. The Morgan fingerprint density at radius 3 is 2.10 bits per heavy atom. The van der Waals surface area contributed by atoms with E-state index >= 15 is 0 Å². The van der Waals surface area contributed by atoms with E-state index < -0.39 is 0 Å². The third-order valence-electron chi connectivity index (χ3n) is 0.969. The van der Waals surface area contributed by atoms with E-state index in [0.29, 0.717) is 6.54 Å². The highest BCUT2D eigenvalue weighted by Gasteiger charge is 2.00. The smallest absolute Gasteiger partial charge is 0.0925 e. The number of aliphatic hydroxyl groups is 1. The van der Waals surface area contributed by atoms with Crippen molar-refractivity contribution in [3.8, 4) is 0 Å². The summed E-state index contributed by atoms with van der Waals surface area (Å²) in [6, 6.07) is 0. The second kappa shape index (κ2) is 11.6. The van der Waals surface area contributed by atoms with E-state index in [1.807, 2.05) is 20.9 Å². The lowest BCUT2D eigenvalue weighted by Gasteiger charge is -2.09. The van der Waals surface area contributed by atoms with Gasteiger partial charge >= 0.3 is 0 Å². The zero-order valence-corrected chi connectivity index (χ0v) is 7.35. The minimum Gasteiger partial charge on any atom is -0.394 e. The fourth-order valence-electron chi connectivity index (χ4n) is 0.450. The predicted octanol–water partition coefficient (Wildman–Crippen LogP) is 0.239. The van der Waals surface area contributed by atoms with E-state index in [-0.39, 0.29) is 12.7 Å². The van der Waals surface area contributed by atoms with Gasteiger partial charge in [0.05, 0.1) is 12.7 Å². The van der Waals surface area contributed by atoms with Crippen LogP contribution in [0.3, 0.4) is 0 Å². The number of likely N-dealkylation sites (N-methyl/N-ethyl adjacent to an activating group) is 1. The molecule has 0 heterocycles. The molecule has 3 nitrogen and oxygen atoms in total. The Labute approximate surface area is 63.4 Å². The number of hydrogen-bond acceptors (Lipinski definition) is 3. The standard InChI is InChI=1S/C5H13NO2.C2H6/c1-6-3-5(4-7)8-2;1-2/h5-7H,3-4H2,1-2H3;1-2H3. The van der Waals surface area contributed by atoms with Crippen molar-refractivity contribution in [2.45, 2.75) is 20.0 Å². The largest absolute Gasteiger partial charge is 0.394 e. The van der Waals surface area contributed by atoms with Gasteiger partial charge in [-0.3, -0.25) is 0 Å². The van der Waals surface area contributed by atoms with Crippen LogP contribution in [0.5, 0.6) is 0 Å². The Balaban J connectivity index is 0. The molecule has 3 heteroatoms. The average molecular weight is 149 g/mol. The van der Waals surface area contributed by atoms with Crippen LogP contribution in [0, 0.1) is 0 Å². The molecule has 0 spiro atoms. The van der Waals surface area contributed by atoms with Crippen molar-refractivity contribution in [1.29, 1.82) is 0 Å². The van der Waals surface area contributed by atoms with Crippen LogP contribution in [0.2, 0.25) is 0 Å². The summed E-state index contributed by atoms with van der Waals surface area (Å²) in [4.78, 5) is 0. The lowest BCUT2D eigenvalue weighted by atomic mass is 10.4. The monoisotopic (exact) mass is 149 g/mol. The molecule has 1 atom stereocenters. The van der Waals surface area contributed by atoms with Gasteiger partial charge in [0.25, 0.3) is 0 Å². The summed E-state index contributed by atoms with van der Waals surface area (Å²) in [5.74, 6) is 0. The van der Waals surface area contributed by atoms with E-state index in [1.54, 1.807) is 7.11 Å². The first-order valence-corrected chi connectivity index (χ1v) is 3.63. The Bertz CT molecular complexity index is 46.9. The van der Waals surface area contributed by atoms with Crippen LogP contribution >= 0.6 is 0 Å². The van der Waals surface area contributed by atoms with Gasteiger partial charge in [-0.15, -0.1) is 0 Å². The Kier molecular flexibility index (Phi) is 14.6. The molecular formula is C7H19NO2. The fraction of sp³-hybridized carbons (Fsp3) is 1.00. The van der Waals surface area contributed by atoms with Crippen molar-refractivity contribution in [1.82, 2.24) is 5.32 Å². The number of aliphatic hydroxyl groups excluding tert-OH is 1. The van der Waals surface area contributed by atoms with Crippen LogP contribution in [0.4, 0.5) is 0 Å². The maximum atomic E-state index is 8.49. The lowest BCUT2D eigenvalue weighted by Crippen LogP contribution is -2.28. The highest BCUT2D eigenvalue weighted by atomic mass is 16.5. The third kappa shape index (κ3) is 7.88. The lowest BCUT2D eigenvalue weighted by molar-refractivity contribution is 0.0506. The molecule has 0 rings (SSSR count). The molecule has 0 radical (unpaired) electrons. The van der Waals surface area contributed by atoms with Crippen molar-refractivity contribution in [3.63, 3.8) is 0 Å². The van der Waals surface area contributed by atoms with Crippen molar-refractivity contribution in [2.75, 3.05) is 27.3 Å². The topological polar surface area (TPSA) is 41.5 Å². The van der Waals surface area contributed by atoms with Crippen molar-refractivity contribution >= 4 is 0 Å². The van der Waals surface area contributed by atoms with Crippen molar-refractivity contribution < 1.29 is 9.84 Å². The number of rotatable bonds is 4. The summed E-state index contributed by atoms with van der Waals surface area (Å²) in [5, 5.41) is 11.4. The molecule has 0 fully saturated rings. The summed E-state index contributed by atoms with van der Waals surface area (Å²) in [7, 11) is 3.40. The average Bonchev–Trinajstić information content (AvgIpc) is 2.04. The maximum absolute atomic E-state index is 8.49. The third-order valence-corrected chi connectivity index (χ3v) is 0.969. The molecule has 0 aliphatic heterocycles. The van der Waals surface area contributed by atoms with Gasteiger partial charge in [-0.05, 0) is 7.05 Å². The van der Waals surface area contributed by atoms with E-state index in [0.717, 1.165) is 0 Å². The number of nitrogens with one attached hydrogen (secondary N) is 1. The van der Waals surface area contributed by atoms with Crippen LogP contribution in [-0.4, -0.2) is 38.5 Å². The zero-order chi connectivity index (χ0) is 8.41. The van der Waals surface area contributed by atoms with Gasteiger partial charge < -0.3 is 15.2 Å². The Morgan fingerprint density at radius 1 is 1.50 bits per heavy atom. The van der Waals surface area contributed by atoms with Crippen molar-refractivity contribution in [3.05, 3.63) is 0 Å². The molecule has 0 saturated heterocycles. The first-order chi connectivity index (χ1) is 4.85. The molecule has 0 aliphatic carbocycles. The van der Waals surface area contributed by atoms with E-state index in [9.17, 15) is 0 Å². The molecule has 2 N–H and O–H groups in total. The molecule has 0 aromatic carbocycles. The zero-order valence-electron chi connectivity index (χ0n) is 7.35. The molecule has 0 aliphatic rings. The summed E-state index contributed by atoms with van der Waals surface area (Å²) in [5.41, 5.74) is 0. The van der Waals surface area contributed by atoms with E-state index in [1.165, 1.54) is 0 Å². The maximum Gasteiger partial charge on any atom is 0.0925 e. The molecule has 0 aromatic heterocycles. The first-order valence-electron chi connectivity index (χ1n) is 3.63. The van der Waals surface area contributed by atoms with Crippen LogP contribution in [0.15, 0.2) is 0 Å². The highest BCUT2D eigenvalue weighted by molar-refractivity contribution is 4.55. The molecule has 0 saturated carbocycles. The summed E-state index contributed by atoms with van der Waals surface area (Å²) in [6.07, 6.45) is -0.0556. The van der Waals surface area contributed by atoms with Crippen LogP contribution < -0.4 is 5.32 Å². The summed E-state index contributed by atoms with van der Waals surface area (Å²) < 4.78 is 4.83. The summed E-state index contributed by atoms with van der Waals surface area (Å²) in [6.45, 7) is 4.78. The first kappa shape index (κ1) is 12.5. The molecule has 10 heavy (non-hydrogen) atoms. The molecule has 1 unspecified atom stereocenters. The molecular weight excluding hydrogens is 130 g/mol.